The molecule has 3 rings (SSSR count). The van der Waals surface area contributed by atoms with Crippen molar-refractivity contribution in [2.45, 2.75) is 32.8 Å². The Morgan fingerprint density at radius 1 is 1.41 bits per heavy atom. The van der Waals surface area contributed by atoms with Gasteiger partial charge in [0.2, 0.25) is 5.91 Å². The number of hydrogen-bond donors (Lipinski definition) is 1. The zero-order chi connectivity index (χ0) is 15.5. The summed E-state index contributed by atoms with van der Waals surface area (Å²) in [5.41, 5.74) is 1.09. The fourth-order valence-corrected chi connectivity index (χ4v) is 2.70. The molecule has 2 aromatic rings. The summed E-state index contributed by atoms with van der Waals surface area (Å²) < 4.78 is 7.20. The molecule has 6 heteroatoms. The topological polar surface area (TPSA) is 69.0 Å². The van der Waals surface area contributed by atoms with Crippen molar-refractivity contribution in [1.82, 2.24) is 14.8 Å². The highest BCUT2D eigenvalue weighted by Gasteiger charge is 2.29. The number of hydrogen-bond acceptors (Lipinski definition) is 4. The summed E-state index contributed by atoms with van der Waals surface area (Å²) >= 11 is 0. The largest absolute Gasteiger partial charge is 0.378 e. The molecule has 22 heavy (non-hydrogen) atoms. The van der Waals surface area contributed by atoms with Gasteiger partial charge in [-0.25, -0.2) is 4.98 Å². The lowest BCUT2D eigenvalue weighted by atomic mass is 9.94. The number of aromatic nitrogens is 3. The van der Waals surface area contributed by atoms with Gasteiger partial charge in [-0.15, -0.1) is 0 Å². The second-order valence-corrected chi connectivity index (χ2v) is 5.63. The third kappa shape index (κ3) is 3.01. The van der Waals surface area contributed by atoms with Gasteiger partial charge in [0.1, 0.15) is 5.82 Å². The summed E-state index contributed by atoms with van der Waals surface area (Å²) in [5, 5.41) is 7.20. The number of nitrogens with zero attached hydrogens (tertiary/aromatic N) is 3. The van der Waals surface area contributed by atoms with Gasteiger partial charge in [-0.2, -0.15) is 9.78 Å². The number of anilines is 1. The Balaban J connectivity index is 1.79. The van der Waals surface area contributed by atoms with E-state index in [1.165, 1.54) is 0 Å². The van der Waals surface area contributed by atoms with Crippen LogP contribution < -0.4 is 5.32 Å². The van der Waals surface area contributed by atoms with E-state index < -0.39 is 0 Å². The van der Waals surface area contributed by atoms with Gasteiger partial charge < -0.3 is 10.1 Å². The Hall–Kier alpha value is -2.21. The lowest BCUT2D eigenvalue weighted by Gasteiger charge is -2.27. The van der Waals surface area contributed by atoms with Crippen LogP contribution in [-0.4, -0.2) is 33.4 Å². The van der Waals surface area contributed by atoms with Crippen LogP contribution in [0.2, 0.25) is 0 Å². The molecule has 0 aromatic carbocycles. The second kappa shape index (κ2) is 6.27. The predicted molar refractivity (Wildman–Crippen MR) is 82.9 cm³/mol. The predicted octanol–water partition coefficient (Wildman–Crippen LogP) is 2.33. The maximum Gasteiger partial charge on any atom is 0.231 e. The van der Waals surface area contributed by atoms with E-state index in [9.17, 15) is 4.79 Å². The zero-order valence-electron chi connectivity index (χ0n) is 12.8. The molecule has 116 valence electrons. The van der Waals surface area contributed by atoms with Crippen LogP contribution in [0.5, 0.6) is 0 Å². The van der Waals surface area contributed by atoms with Crippen LogP contribution in [0.1, 0.15) is 25.3 Å². The van der Waals surface area contributed by atoms with Crippen LogP contribution >= 0.6 is 0 Å². The highest BCUT2D eigenvalue weighted by atomic mass is 16.5. The molecule has 0 radical (unpaired) electrons. The maximum atomic E-state index is 12.5. The van der Waals surface area contributed by atoms with Crippen molar-refractivity contribution in [3.63, 3.8) is 0 Å². The Kier molecular flexibility index (Phi) is 4.20. The molecule has 1 aliphatic heterocycles. The van der Waals surface area contributed by atoms with Gasteiger partial charge in [0, 0.05) is 18.9 Å². The minimum Gasteiger partial charge on any atom is -0.378 e. The van der Waals surface area contributed by atoms with E-state index in [1.54, 1.807) is 23.1 Å². The van der Waals surface area contributed by atoms with Crippen molar-refractivity contribution in [1.29, 1.82) is 0 Å². The molecule has 1 saturated heterocycles. The van der Waals surface area contributed by atoms with E-state index in [-0.39, 0.29) is 17.9 Å². The van der Waals surface area contributed by atoms with E-state index in [1.807, 2.05) is 26.0 Å². The Bertz CT molecular complexity index is 668. The second-order valence-electron chi connectivity index (χ2n) is 5.63. The number of carbonyl (C=O) groups is 1. The highest BCUT2D eigenvalue weighted by Crippen LogP contribution is 2.23. The Labute approximate surface area is 129 Å². The summed E-state index contributed by atoms with van der Waals surface area (Å²) in [6, 6.07) is 5.62. The van der Waals surface area contributed by atoms with Crippen LogP contribution in [0.15, 0.2) is 30.6 Å². The SMILES string of the molecule is Cc1ccnc(-n2nccc2NC(=O)C2CCCOC2C)c1. The number of carbonyl (C=O) groups excluding carboxylic acids is 1. The van der Waals surface area contributed by atoms with Gasteiger partial charge in [-0.1, -0.05) is 0 Å². The maximum absolute atomic E-state index is 12.5. The van der Waals surface area contributed by atoms with Crippen molar-refractivity contribution >= 4 is 11.7 Å². The Morgan fingerprint density at radius 2 is 2.27 bits per heavy atom. The van der Waals surface area contributed by atoms with Gasteiger partial charge in [-0.3, -0.25) is 4.79 Å². The fourth-order valence-electron chi connectivity index (χ4n) is 2.70. The molecule has 1 aliphatic rings. The van der Waals surface area contributed by atoms with Gasteiger partial charge in [0.25, 0.3) is 0 Å². The number of amides is 1. The van der Waals surface area contributed by atoms with E-state index in [4.69, 9.17) is 4.74 Å². The smallest absolute Gasteiger partial charge is 0.231 e. The molecule has 0 bridgehead atoms. The van der Waals surface area contributed by atoms with Gasteiger partial charge in [-0.05, 0) is 44.4 Å². The van der Waals surface area contributed by atoms with Crippen molar-refractivity contribution in [3.05, 3.63) is 36.2 Å². The third-order valence-electron chi connectivity index (χ3n) is 3.96. The average Bonchev–Trinajstić information content (AvgIpc) is 2.95. The lowest BCUT2D eigenvalue weighted by molar-refractivity contribution is -0.127. The standard InChI is InChI=1S/C16H20N4O2/c1-11-5-7-17-15(10-11)20-14(6-8-18-20)19-16(21)13-4-3-9-22-12(13)2/h5-8,10,12-13H,3-4,9H2,1-2H3,(H,19,21). The quantitative estimate of drug-likeness (QED) is 0.944. The molecule has 2 atom stereocenters. The summed E-state index contributed by atoms with van der Waals surface area (Å²) in [4.78, 5) is 16.8. The number of nitrogens with one attached hydrogen (secondary N) is 1. The van der Waals surface area contributed by atoms with E-state index >= 15 is 0 Å². The van der Waals surface area contributed by atoms with Crippen LogP contribution in [0.25, 0.3) is 5.82 Å². The zero-order valence-corrected chi connectivity index (χ0v) is 12.8. The molecular weight excluding hydrogens is 280 g/mol. The molecular formula is C16H20N4O2. The third-order valence-corrected chi connectivity index (χ3v) is 3.96. The molecule has 6 nitrogen and oxygen atoms in total. The summed E-state index contributed by atoms with van der Waals surface area (Å²) in [6.45, 7) is 4.67. The molecule has 1 fully saturated rings. The van der Waals surface area contributed by atoms with E-state index in [2.05, 4.69) is 15.4 Å². The van der Waals surface area contributed by atoms with Crippen LogP contribution in [0.3, 0.4) is 0 Å². The van der Waals surface area contributed by atoms with Crippen LogP contribution in [0, 0.1) is 12.8 Å². The molecule has 1 amide bonds. The minimum atomic E-state index is -0.123. The molecule has 0 saturated carbocycles. The Morgan fingerprint density at radius 3 is 3.05 bits per heavy atom. The first-order valence-electron chi connectivity index (χ1n) is 7.54. The van der Waals surface area contributed by atoms with Gasteiger partial charge in [0.15, 0.2) is 5.82 Å². The van der Waals surface area contributed by atoms with E-state index in [0.29, 0.717) is 11.6 Å². The van der Waals surface area contributed by atoms with Gasteiger partial charge in [0.05, 0.1) is 18.2 Å². The summed E-state index contributed by atoms with van der Waals surface area (Å²) in [7, 11) is 0. The summed E-state index contributed by atoms with van der Waals surface area (Å²) in [5.74, 6) is 1.17. The van der Waals surface area contributed by atoms with Crippen LogP contribution in [0.4, 0.5) is 5.82 Å². The van der Waals surface area contributed by atoms with Crippen molar-refractivity contribution < 1.29 is 9.53 Å². The van der Waals surface area contributed by atoms with E-state index in [0.717, 1.165) is 25.0 Å². The molecule has 2 unspecified atom stereocenters. The molecule has 3 heterocycles. The number of pyridine rings is 1. The molecule has 1 N–H and O–H groups in total. The molecule has 0 spiro atoms. The number of aryl methyl sites for hydroxylation is 1. The highest BCUT2D eigenvalue weighted by molar-refractivity contribution is 5.92. The first-order valence-corrected chi connectivity index (χ1v) is 7.54. The lowest BCUT2D eigenvalue weighted by Crippen LogP contribution is -2.36. The summed E-state index contributed by atoms with van der Waals surface area (Å²) in [6.07, 6.45) is 5.10. The molecule has 2 aromatic heterocycles. The van der Waals surface area contributed by atoms with Crippen molar-refractivity contribution in [2.24, 2.45) is 5.92 Å². The first-order chi connectivity index (χ1) is 10.6. The van der Waals surface area contributed by atoms with Crippen LogP contribution in [-0.2, 0) is 9.53 Å². The van der Waals surface area contributed by atoms with Gasteiger partial charge >= 0.3 is 0 Å². The monoisotopic (exact) mass is 300 g/mol. The minimum absolute atomic E-state index is 0.0263. The number of ether oxygens (including phenoxy) is 1. The average molecular weight is 300 g/mol. The fraction of sp³-hybridized carbons (Fsp3) is 0.438. The number of rotatable bonds is 3. The molecule has 0 aliphatic carbocycles. The normalized spacial score (nSPS) is 21.5. The van der Waals surface area contributed by atoms with Crippen molar-refractivity contribution in [2.75, 3.05) is 11.9 Å². The van der Waals surface area contributed by atoms with Crippen molar-refractivity contribution in [3.8, 4) is 5.82 Å². The first kappa shape index (κ1) is 14.7.